The van der Waals surface area contributed by atoms with Crippen LogP contribution in [0, 0.1) is 0 Å². The number of hydrogen-bond acceptors (Lipinski definition) is 3. The highest BCUT2D eigenvalue weighted by atomic mass is 16.5. The Morgan fingerprint density at radius 3 is 2.81 bits per heavy atom. The van der Waals surface area contributed by atoms with Crippen molar-refractivity contribution in [2.75, 3.05) is 14.2 Å². The van der Waals surface area contributed by atoms with E-state index < -0.39 is 0 Å². The van der Waals surface area contributed by atoms with Crippen molar-refractivity contribution in [3.8, 4) is 5.75 Å². The summed E-state index contributed by atoms with van der Waals surface area (Å²) in [4.78, 5) is 11.2. The second kappa shape index (κ2) is 6.85. The fraction of sp³-hybridized carbons (Fsp3) is 0.417. The molecular formula is C12H18N2O2. The van der Waals surface area contributed by atoms with Crippen LogP contribution in [0.1, 0.15) is 18.4 Å². The summed E-state index contributed by atoms with van der Waals surface area (Å²) in [7, 11) is 3.34. The molecule has 88 valence electrons. The largest absolute Gasteiger partial charge is 0.496 e. The monoisotopic (exact) mass is 222 g/mol. The van der Waals surface area contributed by atoms with E-state index in [-0.39, 0.29) is 5.91 Å². The van der Waals surface area contributed by atoms with Gasteiger partial charge < -0.3 is 4.74 Å². The van der Waals surface area contributed by atoms with E-state index in [9.17, 15) is 4.79 Å². The number of amides is 1. The molecule has 0 saturated heterocycles. The van der Waals surface area contributed by atoms with Crippen molar-refractivity contribution >= 4 is 5.91 Å². The molecule has 0 saturated carbocycles. The molecule has 1 rings (SSSR count). The van der Waals surface area contributed by atoms with Gasteiger partial charge in [-0.3, -0.25) is 10.2 Å². The van der Waals surface area contributed by atoms with Gasteiger partial charge in [0, 0.05) is 13.5 Å². The predicted octanol–water partition coefficient (Wildman–Crippen LogP) is 1.27. The molecule has 0 atom stereocenters. The summed E-state index contributed by atoms with van der Waals surface area (Å²) in [6.07, 6.45) is 2.17. The van der Waals surface area contributed by atoms with Crippen molar-refractivity contribution in [2.24, 2.45) is 0 Å². The SMILES string of the molecule is CNNC(=O)CCCc1ccccc1OC. The predicted molar refractivity (Wildman–Crippen MR) is 63.1 cm³/mol. The molecule has 0 radical (unpaired) electrons. The smallest absolute Gasteiger partial charge is 0.234 e. The molecule has 0 spiro atoms. The maximum absolute atomic E-state index is 11.2. The minimum Gasteiger partial charge on any atom is -0.496 e. The first-order valence-corrected chi connectivity index (χ1v) is 5.35. The molecule has 1 amide bonds. The Hall–Kier alpha value is -1.55. The minimum atomic E-state index is 0.0115. The number of carbonyl (C=O) groups excluding carboxylic acids is 1. The zero-order valence-electron chi connectivity index (χ0n) is 9.75. The molecule has 0 aliphatic carbocycles. The van der Waals surface area contributed by atoms with Crippen molar-refractivity contribution in [1.29, 1.82) is 0 Å². The Bertz CT molecular complexity index is 340. The molecule has 0 aliphatic rings. The third kappa shape index (κ3) is 3.90. The van der Waals surface area contributed by atoms with Gasteiger partial charge in [0.25, 0.3) is 0 Å². The summed E-state index contributed by atoms with van der Waals surface area (Å²) in [5, 5.41) is 0. The maximum Gasteiger partial charge on any atom is 0.234 e. The fourth-order valence-corrected chi connectivity index (χ4v) is 1.55. The number of methoxy groups -OCH3 is 1. The molecule has 0 unspecified atom stereocenters. The summed E-state index contributed by atoms with van der Waals surface area (Å²) in [5.74, 6) is 0.897. The lowest BCUT2D eigenvalue weighted by Gasteiger charge is -2.07. The van der Waals surface area contributed by atoms with E-state index in [1.165, 1.54) is 0 Å². The highest BCUT2D eigenvalue weighted by molar-refractivity contribution is 5.75. The fourth-order valence-electron chi connectivity index (χ4n) is 1.55. The number of hydrogen-bond donors (Lipinski definition) is 2. The van der Waals surface area contributed by atoms with Gasteiger partial charge in [-0.05, 0) is 24.5 Å². The Kier molecular flexibility index (Phi) is 5.36. The second-order valence-electron chi connectivity index (χ2n) is 3.46. The van der Waals surface area contributed by atoms with Crippen molar-refractivity contribution in [3.05, 3.63) is 29.8 Å². The first-order valence-electron chi connectivity index (χ1n) is 5.35. The number of rotatable bonds is 6. The summed E-state index contributed by atoms with van der Waals surface area (Å²) in [6, 6.07) is 7.87. The second-order valence-corrected chi connectivity index (χ2v) is 3.46. The quantitative estimate of drug-likeness (QED) is 0.713. The molecule has 4 nitrogen and oxygen atoms in total. The zero-order valence-corrected chi connectivity index (χ0v) is 9.75. The molecular weight excluding hydrogens is 204 g/mol. The molecule has 0 aliphatic heterocycles. The number of aryl methyl sites for hydroxylation is 1. The van der Waals surface area contributed by atoms with Crippen LogP contribution in [0.4, 0.5) is 0 Å². The van der Waals surface area contributed by atoms with Crippen LogP contribution in [0.2, 0.25) is 0 Å². The van der Waals surface area contributed by atoms with Crippen molar-refractivity contribution in [2.45, 2.75) is 19.3 Å². The molecule has 0 fully saturated rings. The van der Waals surface area contributed by atoms with E-state index in [4.69, 9.17) is 4.74 Å². The average molecular weight is 222 g/mol. The molecule has 2 N–H and O–H groups in total. The Morgan fingerprint density at radius 2 is 2.12 bits per heavy atom. The topological polar surface area (TPSA) is 50.4 Å². The van der Waals surface area contributed by atoms with Crippen molar-refractivity contribution in [3.63, 3.8) is 0 Å². The lowest BCUT2D eigenvalue weighted by molar-refractivity contribution is -0.122. The van der Waals surface area contributed by atoms with Crippen LogP contribution in [0.3, 0.4) is 0 Å². The maximum atomic E-state index is 11.2. The Labute approximate surface area is 96.0 Å². The van der Waals surface area contributed by atoms with Crippen LogP contribution in [0.15, 0.2) is 24.3 Å². The van der Waals surface area contributed by atoms with E-state index in [2.05, 4.69) is 10.9 Å². The third-order valence-electron chi connectivity index (χ3n) is 2.31. The minimum absolute atomic E-state index is 0.0115. The van der Waals surface area contributed by atoms with Crippen molar-refractivity contribution in [1.82, 2.24) is 10.9 Å². The highest BCUT2D eigenvalue weighted by Gasteiger charge is 2.03. The van der Waals surface area contributed by atoms with Crippen LogP contribution in [-0.4, -0.2) is 20.1 Å². The normalized spacial score (nSPS) is 9.88. The molecule has 1 aromatic carbocycles. The van der Waals surface area contributed by atoms with Gasteiger partial charge in [-0.2, -0.15) is 0 Å². The number of carbonyl (C=O) groups is 1. The molecule has 0 aromatic heterocycles. The van der Waals surface area contributed by atoms with Crippen LogP contribution in [-0.2, 0) is 11.2 Å². The van der Waals surface area contributed by atoms with E-state index in [0.717, 1.165) is 24.2 Å². The van der Waals surface area contributed by atoms with Gasteiger partial charge in [-0.15, -0.1) is 0 Å². The van der Waals surface area contributed by atoms with Gasteiger partial charge in [0.05, 0.1) is 7.11 Å². The number of nitrogens with one attached hydrogen (secondary N) is 2. The van der Waals surface area contributed by atoms with Crippen LogP contribution < -0.4 is 15.6 Å². The molecule has 16 heavy (non-hydrogen) atoms. The first-order chi connectivity index (χ1) is 7.77. The van der Waals surface area contributed by atoms with Gasteiger partial charge >= 0.3 is 0 Å². The number of para-hydroxylation sites is 1. The van der Waals surface area contributed by atoms with Crippen molar-refractivity contribution < 1.29 is 9.53 Å². The van der Waals surface area contributed by atoms with Gasteiger partial charge in [-0.1, -0.05) is 18.2 Å². The van der Waals surface area contributed by atoms with E-state index >= 15 is 0 Å². The number of hydrazine groups is 1. The van der Waals surface area contributed by atoms with Gasteiger partial charge in [0.15, 0.2) is 0 Å². The summed E-state index contributed by atoms with van der Waals surface area (Å²) >= 11 is 0. The standard InChI is InChI=1S/C12H18N2O2/c1-13-14-12(15)9-5-7-10-6-3-4-8-11(10)16-2/h3-4,6,8,13H,5,7,9H2,1-2H3,(H,14,15). The van der Waals surface area contributed by atoms with Crippen LogP contribution in [0.25, 0.3) is 0 Å². The average Bonchev–Trinajstić information content (AvgIpc) is 2.30. The van der Waals surface area contributed by atoms with E-state index in [1.54, 1.807) is 14.2 Å². The Morgan fingerprint density at radius 1 is 1.38 bits per heavy atom. The summed E-state index contributed by atoms with van der Waals surface area (Å²) in [6.45, 7) is 0. The van der Waals surface area contributed by atoms with Gasteiger partial charge in [0.1, 0.15) is 5.75 Å². The zero-order chi connectivity index (χ0) is 11.8. The first kappa shape index (κ1) is 12.5. The van der Waals surface area contributed by atoms with Crippen LogP contribution >= 0.6 is 0 Å². The van der Waals surface area contributed by atoms with Gasteiger partial charge in [-0.25, -0.2) is 5.43 Å². The molecule has 0 bridgehead atoms. The van der Waals surface area contributed by atoms with Crippen LogP contribution in [0.5, 0.6) is 5.75 Å². The van der Waals surface area contributed by atoms with E-state index in [0.29, 0.717) is 6.42 Å². The lowest BCUT2D eigenvalue weighted by atomic mass is 10.1. The van der Waals surface area contributed by atoms with Gasteiger partial charge in [0.2, 0.25) is 5.91 Å². The summed E-state index contributed by atoms with van der Waals surface area (Å²) < 4.78 is 5.24. The third-order valence-corrected chi connectivity index (χ3v) is 2.31. The Balaban J connectivity index is 2.39. The highest BCUT2D eigenvalue weighted by Crippen LogP contribution is 2.19. The molecule has 1 aromatic rings. The number of ether oxygens (including phenoxy) is 1. The molecule has 0 heterocycles. The van der Waals surface area contributed by atoms with E-state index in [1.807, 2.05) is 24.3 Å². The summed E-state index contributed by atoms with van der Waals surface area (Å²) in [5.41, 5.74) is 6.30. The number of benzene rings is 1. The lowest BCUT2D eigenvalue weighted by Crippen LogP contribution is -2.33. The molecule has 4 heteroatoms.